The van der Waals surface area contributed by atoms with E-state index in [0.29, 0.717) is 0 Å². The number of rotatable bonds is 6. The van der Waals surface area contributed by atoms with Crippen LogP contribution in [-0.4, -0.2) is 141 Å². The van der Waals surface area contributed by atoms with E-state index in [-0.39, 0.29) is 74.3 Å². The summed E-state index contributed by atoms with van der Waals surface area (Å²) in [7, 11) is 2.31. The molecule has 0 spiro atoms. The molecular formula is C31H72F44O8. The first kappa shape index (κ1) is 178. The van der Waals surface area contributed by atoms with E-state index >= 15 is 0 Å². The predicted molar refractivity (Wildman–Crippen MR) is 216 cm³/mol. The van der Waals surface area contributed by atoms with Crippen LogP contribution < -0.4 is 0 Å². The van der Waals surface area contributed by atoms with Gasteiger partial charge in [0, 0.05) is 14.2 Å². The molecule has 0 aliphatic carbocycles. The van der Waals surface area contributed by atoms with E-state index in [1.807, 2.05) is 0 Å². The molecule has 0 unspecified atom stereocenters. The lowest BCUT2D eigenvalue weighted by Crippen LogP contribution is -2.14. The van der Waals surface area contributed by atoms with Crippen LogP contribution in [0.15, 0.2) is 0 Å². The summed E-state index contributed by atoms with van der Waals surface area (Å²) in [5, 5.41) is 0. The van der Waals surface area contributed by atoms with Gasteiger partial charge in [-0.1, -0.05) is 84.1 Å². The van der Waals surface area contributed by atoms with Gasteiger partial charge in [0.1, 0.15) is 6.61 Å². The third kappa shape index (κ3) is 2160. The maximum Gasteiger partial charge on any atom is 0.559 e. The van der Waals surface area contributed by atoms with Crippen LogP contribution in [0.3, 0.4) is 0 Å². The maximum atomic E-state index is 10.9. The molecule has 0 atom stereocenters. The highest BCUT2D eigenvalue weighted by Crippen LogP contribution is 2.17. The molecule has 8 nitrogen and oxygen atoms in total. The number of alkyl halides is 38. The molecule has 0 amide bonds. The van der Waals surface area contributed by atoms with Gasteiger partial charge in [0.05, 0.1) is 0 Å². The zero-order chi connectivity index (χ0) is 63.8. The third-order valence-corrected chi connectivity index (χ3v) is 0.909. The summed E-state index contributed by atoms with van der Waals surface area (Å²) in [5.74, 6) is 0. The lowest BCUT2D eigenvalue weighted by molar-refractivity contribution is -0.416. The van der Waals surface area contributed by atoms with Crippen molar-refractivity contribution in [1.29, 1.82) is 0 Å². The molecule has 0 aliphatic rings. The summed E-state index contributed by atoms with van der Waals surface area (Å²) < 4.78 is 446. The molecule has 0 aromatic heterocycles. The fourth-order valence-corrected chi connectivity index (χ4v) is 0.164. The van der Waals surface area contributed by atoms with E-state index in [2.05, 4.69) is 29.2 Å². The summed E-state index contributed by atoms with van der Waals surface area (Å²) in [5.41, 5.74) is 0. The van der Waals surface area contributed by atoms with Gasteiger partial charge in [-0.2, -0.15) is 46.1 Å². The quantitative estimate of drug-likeness (QED) is 0.244. The monoisotopic (exact) mass is 1410 g/mol. The molecular weight excluding hydrogens is 1340 g/mol. The van der Waals surface area contributed by atoms with Crippen molar-refractivity contribution in [3.8, 4) is 0 Å². The minimum atomic E-state index is -5.50. The second-order valence-electron chi connectivity index (χ2n) is 5.58. The van der Waals surface area contributed by atoms with Gasteiger partial charge in [-0.15, -0.1) is 61.5 Å². The molecule has 0 heterocycles. The zero-order valence-corrected chi connectivity index (χ0v) is 34.1. The van der Waals surface area contributed by atoms with Crippen molar-refractivity contribution < 1.29 is 233 Å². The van der Waals surface area contributed by atoms with E-state index in [1.54, 1.807) is 0 Å². The summed E-state index contributed by atoms with van der Waals surface area (Å²) in [6.45, 7) is -20.0. The van der Waals surface area contributed by atoms with Crippen molar-refractivity contribution in [2.75, 3.05) is 103 Å². The first-order valence-electron chi connectivity index (χ1n) is 13.2. The van der Waals surface area contributed by atoms with Crippen LogP contribution in [-0.2, 0) is 39.1 Å². The molecule has 52 heteroatoms. The van der Waals surface area contributed by atoms with Crippen LogP contribution in [0.5, 0.6) is 0 Å². The second-order valence-corrected chi connectivity index (χ2v) is 5.58. The number of hydrogen-bond donors (Lipinski definition) is 0. The Morgan fingerprint density at radius 3 is 0.325 bits per heavy atom. The van der Waals surface area contributed by atoms with E-state index in [4.69, 9.17) is 0 Å². The fraction of sp³-hybridized carbons (Fsp3) is 1.00. The van der Waals surface area contributed by atoms with E-state index in [9.17, 15) is 194 Å². The Bertz CT molecular complexity index is 613. The van der Waals surface area contributed by atoms with Crippen molar-refractivity contribution in [2.24, 2.45) is 0 Å². The predicted octanol–water partition coefficient (Wildman–Crippen LogP) is 24.0. The van der Waals surface area contributed by atoms with Gasteiger partial charge in [0.15, 0.2) is 13.5 Å². The lowest BCUT2D eigenvalue weighted by atomic mass is 10.7. The molecule has 0 fully saturated rings. The maximum absolute atomic E-state index is 10.9. The van der Waals surface area contributed by atoms with Crippen molar-refractivity contribution in [3.63, 3.8) is 0 Å². The first-order valence-corrected chi connectivity index (χ1v) is 13.2. The molecule has 83 heavy (non-hydrogen) atoms. The number of methoxy groups -OCH3 is 2. The van der Waals surface area contributed by atoms with Crippen molar-refractivity contribution in [2.45, 2.75) is 112 Å². The Kier molecular flexibility index (Phi) is 353. The average molecular weight is 1410 g/mol. The van der Waals surface area contributed by atoms with Gasteiger partial charge < -0.3 is 9.47 Å². The Morgan fingerprint density at radius 1 is 0.241 bits per heavy atom. The van der Waals surface area contributed by atoms with E-state index in [1.165, 1.54) is 17.0 Å². The highest BCUT2D eigenvalue weighted by molar-refractivity contribution is 4.42. The smallest absolute Gasteiger partial charge is 0.375 e. The number of hydrogen-bond acceptors (Lipinski definition) is 8. The fourth-order valence-electron chi connectivity index (χ4n) is 0.164. The molecule has 0 saturated heterocycles. The largest absolute Gasteiger partial charge is 0.559 e. The molecule has 0 aliphatic heterocycles. The molecule has 0 N–H and O–H groups in total. The summed E-state index contributed by atoms with van der Waals surface area (Å²) in [4.78, 5) is 12.4. The summed E-state index contributed by atoms with van der Waals surface area (Å²) in [6.07, 6.45) is -30.0. The molecule has 0 saturated carbocycles. The normalized spacial score (nSPS) is 8.17. The second kappa shape index (κ2) is 165. The third-order valence-electron chi connectivity index (χ3n) is 0.909. The van der Waals surface area contributed by atoms with Crippen molar-refractivity contribution >= 4 is 0 Å². The van der Waals surface area contributed by atoms with Crippen LogP contribution >= 0.6 is 0 Å². The van der Waals surface area contributed by atoms with Gasteiger partial charge in [-0.25, -0.2) is 79.0 Å². The highest BCUT2D eigenvalue weighted by Gasteiger charge is 2.31. The van der Waals surface area contributed by atoms with Crippen LogP contribution in [0.25, 0.3) is 0 Å². The van der Waals surface area contributed by atoms with Crippen molar-refractivity contribution in [3.05, 3.63) is 0 Å². The molecule has 0 rings (SSSR count). The lowest BCUT2D eigenvalue weighted by Gasteiger charge is -2.01. The molecule has 0 radical (unpaired) electrons. The standard InChI is InChI=1S/C3H5F3O.C2H2F4.C2H5FO.2CF4O.2CF4.4CH2F2O.6CH2F2.10CH4/c1-7-2-3(4,5)6;3-1-2(4,5)6;1-4-2-3;2*2-1(3,4)6-5;2*2-1(3,4)5;4*2-1-4-3;6*2-1-3;;;;;;;;;;/h2H2,1H3;1H2;2H2,1H3;;;;;4*1H2;6*1H2;10*1H4. The van der Waals surface area contributed by atoms with Gasteiger partial charge in [-0.05, 0) is 27.2 Å². The van der Waals surface area contributed by atoms with Gasteiger partial charge >= 0.3 is 37.9 Å². The summed E-state index contributed by atoms with van der Waals surface area (Å²) in [6, 6.07) is 0. The van der Waals surface area contributed by atoms with Crippen molar-refractivity contribution in [1.82, 2.24) is 0 Å². The molecule has 0 bridgehead atoms. The minimum absolute atomic E-state index is 0. The van der Waals surface area contributed by atoms with E-state index in [0.717, 1.165) is 7.11 Å². The Morgan fingerprint density at radius 2 is 0.325 bits per heavy atom. The van der Waals surface area contributed by atoms with Gasteiger partial charge in [0.25, 0.3) is 0 Å². The molecule has 0 aromatic carbocycles. The zero-order valence-electron chi connectivity index (χ0n) is 34.1. The summed E-state index contributed by atoms with van der Waals surface area (Å²) >= 11 is 0. The topological polar surface area (TPSA) is 73.8 Å². The van der Waals surface area contributed by atoms with Gasteiger partial charge in [-0.3, -0.25) is 0 Å². The highest BCUT2D eigenvalue weighted by atomic mass is 19.5. The average Bonchev–Trinajstić information content (AvgIpc) is 3.24. The Hall–Kier alpha value is -3.40. The van der Waals surface area contributed by atoms with Crippen LogP contribution in [0.1, 0.15) is 74.3 Å². The Balaban J connectivity index is -0.0000000160. The number of ether oxygens (including phenoxy) is 2. The SMILES string of the molecule is C.C.C.C.C.C.C.C.C.C.COCC(F)(F)F.COCF.FC(F)(F)F.FC(F)(F)F.FCC(F)(F)F.FCF.FCF.FCF.FCF.FCF.FCF.FCOF.FCOF.FCOF.FCOF.FOC(F)(F)F.FOC(F)(F)F. The van der Waals surface area contributed by atoms with Crippen LogP contribution in [0.4, 0.5) is 194 Å². The van der Waals surface area contributed by atoms with Gasteiger partial charge in [0.2, 0.25) is 69.0 Å². The first-order chi connectivity index (χ1) is 32.8. The van der Waals surface area contributed by atoms with Crippen LogP contribution in [0, 0.1) is 0 Å². The minimum Gasteiger partial charge on any atom is -0.375 e. The van der Waals surface area contributed by atoms with E-state index < -0.39 is 127 Å². The molecule has 0 aromatic rings. The Labute approximate surface area is 449 Å². The number of halogens is 44. The van der Waals surface area contributed by atoms with Crippen LogP contribution in [0.2, 0.25) is 0 Å². The molecule has 552 valence electrons.